The highest BCUT2D eigenvalue weighted by atomic mass is 14.9. The fraction of sp³-hybridized carbons (Fsp3) is 0.500. The van der Waals surface area contributed by atoms with Crippen LogP contribution in [0.25, 0.3) is 10.9 Å². The highest BCUT2D eigenvalue weighted by Gasteiger charge is 2.14. The monoisotopic (exact) mass is 244 g/mol. The summed E-state index contributed by atoms with van der Waals surface area (Å²) in [7, 11) is 0. The van der Waals surface area contributed by atoms with Crippen LogP contribution < -0.4 is 5.32 Å². The van der Waals surface area contributed by atoms with Crippen molar-refractivity contribution in [1.29, 1.82) is 0 Å². The van der Waals surface area contributed by atoms with E-state index < -0.39 is 0 Å². The molecule has 0 spiro atoms. The summed E-state index contributed by atoms with van der Waals surface area (Å²) < 4.78 is 0. The fourth-order valence-corrected chi connectivity index (χ4v) is 2.07. The average Bonchev–Trinajstić information content (AvgIpc) is 2.66. The molecule has 0 aliphatic carbocycles. The van der Waals surface area contributed by atoms with Gasteiger partial charge in [0.1, 0.15) is 0 Å². The number of hydrogen-bond acceptors (Lipinski definition) is 1. The van der Waals surface area contributed by atoms with Crippen LogP contribution in [0.1, 0.15) is 45.9 Å². The molecule has 0 unspecified atom stereocenters. The Labute approximate surface area is 110 Å². The highest BCUT2D eigenvalue weighted by Crippen LogP contribution is 2.26. The molecular formula is C16H24N2. The molecule has 0 fully saturated rings. The average molecular weight is 244 g/mol. The third-order valence-electron chi connectivity index (χ3n) is 3.24. The second-order valence-electron chi connectivity index (χ2n) is 6.38. The Bertz CT molecular complexity index is 530. The smallest absolute Gasteiger partial charge is 0.0456 e. The van der Waals surface area contributed by atoms with E-state index in [1.807, 2.05) is 0 Å². The van der Waals surface area contributed by atoms with E-state index in [-0.39, 0.29) is 5.41 Å². The Morgan fingerprint density at radius 1 is 1.17 bits per heavy atom. The van der Waals surface area contributed by atoms with E-state index in [4.69, 9.17) is 0 Å². The maximum atomic E-state index is 3.47. The molecule has 1 aromatic carbocycles. The third kappa shape index (κ3) is 2.94. The van der Waals surface area contributed by atoms with Crippen LogP contribution in [0.15, 0.2) is 24.3 Å². The predicted molar refractivity (Wildman–Crippen MR) is 79.0 cm³/mol. The van der Waals surface area contributed by atoms with Gasteiger partial charge >= 0.3 is 0 Å². The second kappa shape index (κ2) is 4.77. The van der Waals surface area contributed by atoms with Crippen LogP contribution in [0.5, 0.6) is 0 Å². The summed E-state index contributed by atoms with van der Waals surface area (Å²) in [6, 6.07) is 9.47. The summed E-state index contributed by atoms with van der Waals surface area (Å²) in [6.45, 7) is 12.0. The third-order valence-corrected chi connectivity index (χ3v) is 3.24. The lowest BCUT2D eigenvalue weighted by molar-refractivity contribution is 0.583. The summed E-state index contributed by atoms with van der Waals surface area (Å²) in [5, 5.41) is 4.74. The molecule has 2 nitrogen and oxygen atoms in total. The molecule has 0 atom stereocenters. The first-order chi connectivity index (χ1) is 8.36. The summed E-state index contributed by atoms with van der Waals surface area (Å²) in [5.74, 6) is 0. The molecular weight excluding hydrogens is 220 g/mol. The number of fused-ring (bicyclic) bond motifs is 1. The van der Waals surface area contributed by atoms with Gasteiger partial charge in [-0.3, -0.25) is 0 Å². The van der Waals surface area contributed by atoms with Gasteiger partial charge in [-0.2, -0.15) is 0 Å². The zero-order chi connectivity index (χ0) is 13.3. The lowest BCUT2D eigenvalue weighted by Gasteiger charge is -2.18. The van der Waals surface area contributed by atoms with Crippen LogP contribution >= 0.6 is 0 Å². The van der Waals surface area contributed by atoms with Gasteiger partial charge in [0.2, 0.25) is 0 Å². The molecule has 2 heteroatoms. The zero-order valence-electron chi connectivity index (χ0n) is 12.1. The largest absolute Gasteiger partial charge is 0.357 e. The van der Waals surface area contributed by atoms with Gasteiger partial charge in [-0.25, -0.2) is 0 Å². The minimum Gasteiger partial charge on any atom is -0.357 e. The van der Waals surface area contributed by atoms with Gasteiger partial charge in [0.05, 0.1) is 0 Å². The van der Waals surface area contributed by atoms with E-state index >= 15 is 0 Å². The quantitative estimate of drug-likeness (QED) is 0.840. The van der Waals surface area contributed by atoms with Crippen molar-refractivity contribution < 1.29 is 0 Å². The van der Waals surface area contributed by atoms with E-state index in [2.05, 4.69) is 69.2 Å². The van der Waals surface area contributed by atoms with Crippen LogP contribution in [-0.4, -0.2) is 11.0 Å². The molecule has 0 bridgehead atoms. The highest BCUT2D eigenvalue weighted by molar-refractivity contribution is 5.81. The molecule has 0 saturated carbocycles. The fourth-order valence-electron chi connectivity index (χ4n) is 2.07. The summed E-state index contributed by atoms with van der Waals surface area (Å²) in [4.78, 5) is 3.47. The van der Waals surface area contributed by atoms with Gasteiger partial charge in [0, 0.05) is 23.8 Å². The van der Waals surface area contributed by atoms with E-state index in [0.717, 1.165) is 6.54 Å². The van der Waals surface area contributed by atoms with E-state index in [9.17, 15) is 0 Å². The summed E-state index contributed by atoms with van der Waals surface area (Å²) in [6.07, 6.45) is 0. The lowest BCUT2D eigenvalue weighted by atomic mass is 9.86. The summed E-state index contributed by atoms with van der Waals surface area (Å²) in [5.41, 5.74) is 4.08. The number of H-pyrrole nitrogens is 1. The van der Waals surface area contributed by atoms with Crippen molar-refractivity contribution in [1.82, 2.24) is 10.3 Å². The number of aromatic nitrogens is 1. The van der Waals surface area contributed by atoms with Crippen molar-refractivity contribution in [2.24, 2.45) is 0 Å². The number of benzene rings is 1. The minimum atomic E-state index is 0.210. The molecule has 0 radical (unpaired) electrons. The maximum absolute atomic E-state index is 3.47. The first-order valence-corrected chi connectivity index (χ1v) is 6.72. The molecule has 0 amide bonds. The Morgan fingerprint density at radius 2 is 1.89 bits per heavy atom. The summed E-state index contributed by atoms with van der Waals surface area (Å²) >= 11 is 0. The van der Waals surface area contributed by atoms with E-state index in [1.54, 1.807) is 0 Å². The van der Waals surface area contributed by atoms with Gasteiger partial charge in [-0.15, -0.1) is 0 Å². The van der Waals surface area contributed by atoms with Crippen molar-refractivity contribution in [3.63, 3.8) is 0 Å². The zero-order valence-corrected chi connectivity index (χ0v) is 12.1. The molecule has 98 valence electrons. The first kappa shape index (κ1) is 13.2. The van der Waals surface area contributed by atoms with E-state index in [1.165, 1.54) is 22.2 Å². The normalized spacial score (nSPS) is 12.6. The number of hydrogen-bond donors (Lipinski definition) is 2. The van der Waals surface area contributed by atoms with Crippen LogP contribution in [-0.2, 0) is 12.0 Å². The van der Waals surface area contributed by atoms with Crippen LogP contribution in [0.4, 0.5) is 0 Å². The number of aromatic amines is 1. The SMILES string of the molecule is CC(C)NCc1cc2cc(C(C)(C)C)ccc2[nH]1. The molecule has 2 aromatic rings. The van der Waals surface area contributed by atoms with Crippen LogP contribution in [0.2, 0.25) is 0 Å². The van der Waals surface area contributed by atoms with Gasteiger partial charge in [0.25, 0.3) is 0 Å². The van der Waals surface area contributed by atoms with Crippen LogP contribution in [0.3, 0.4) is 0 Å². The van der Waals surface area contributed by atoms with Crippen molar-refractivity contribution >= 4 is 10.9 Å². The minimum absolute atomic E-state index is 0.210. The Hall–Kier alpha value is -1.28. The molecule has 1 heterocycles. The maximum Gasteiger partial charge on any atom is 0.0456 e. The number of nitrogens with one attached hydrogen (secondary N) is 2. The van der Waals surface area contributed by atoms with Crippen molar-refractivity contribution in [3.05, 3.63) is 35.5 Å². The van der Waals surface area contributed by atoms with Crippen molar-refractivity contribution in [2.75, 3.05) is 0 Å². The Balaban J connectivity index is 2.28. The standard InChI is InChI=1S/C16H24N2/c1-11(2)17-10-14-9-12-8-13(16(3,4)5)6-7-15(12)18-14/h6-9,11,17-18H,10H2,1-5H3. The topological polar surface area (TPSA) is 27.8 Å². The van der Waals surface area contributed by atoms with Crippen molar-refractivity contribution in [2.45, 2.75) is 52.6 Å². The molecule has 0 aliphatic rings. The van der Waals surface area contributed by atoms with E-state index in [0.29, 0.717) is 6.04 Å². The Morgan fingerprint density at radius 3 is 2.50 bits per heavy atom. The van der Waals surface area contributed by atoms with Gasteiger partial charge in [-0.05, 0) is 34.6 Å². The number of rotatable bonds is 3. The lowest BCUT2D eigenvalue weighted by Crippen LogP contribution is -2.21. The molecule has 2 N–H and O–H groups in total. The van der Waals surface area contributed by atoms with Gasteiger partial charge < -0.3 is 10.3 Å². The molecule has 1 aromatic heterocycles. The van der Waals surface area contributed by atoms with Crippen LogP contribution in [0, 0.1) is 0 Å². The van der Waals surface area contributed by atoms with Crippen molar-refractivity contribution in [3.8, 4) is 0 Å². The molecule has 2 rings (SSSR count). The second-order valence-corrected chi connectivity index (χ2v) is 6.38. The molecule has 18 heavy (non-hydrogen) atoms. The first-order valence-electron chi connectivity index (χ1n) is 6.72. The van der Waals surface area contributed by atoms with Gasteiger partial charge in [-0.1, -0.05) is 40.7 Å². The molecule has 0 aliphatic heterocycles. The predicted octanol–water partition coefficient (Wildman–Crippen LogP) is 3.96. The molecule has 0 saturated heterocycles. The van der Waals surface area contributed by atoms with Gasteiger partial charge in [0.15, 0.2) is 0 Å². The Kier molecular flexibility index (Phi) is 3.49.